The first-order valence-corrected chi connectivity index (χ1v) is 4.53. The van der Waals surface area contributed by atoms with Crippen LogP contribution in [0.4, 0.5) is 0 Å². The van der Waals surface area contributed by atoms with Crippen molar-refractivity contribution < 1.29 is 4.79 Å². The summed E-state index contributed by atoms with van der Waals surface area (Å²) in [7, 11) is 0. The van der Waals surface area contributed by atoms with Gasteiger partial charge in [0.2, 0.25) is 5.91 Å². The summed E-state index contributed by atoms with van der Waals surface area (Å²) >= 11 is 0.887. The lowest BCUT2D eigenvalue weighted by molar-refractivity contribution is -0.117. The van der Waals surface area contributed by atoms with Gasteiger partial charge in [-0.25, -0.2) is 9.89 Å². The lowest BCUT2D eigenvalue weighted by atomic mass is 10.5. The molecular formula is C6H8N4O3S. The first-order chi connectivity index (χ1) is 6.50. The molecule has 0 radical (unpaired) electrons. The van der Waals surface area contributed by atoms with E-state index in [1.54, 1.807) is 6.92 Å². The first kappa shape index (κ1) is 10.5. The van der Waals surface area contributed by atoms with Gasteiger partial charge in [-0.2, -0.15) is 5.10 Å². The quantitative estimate of drug-likeness (QED) is 0.526. The van der Waals surface area contributed by atoms with Gasteiger partial charge in [-0.1, -0.05) is 11.8 Å². The van der Waals surface area contributed by atoms with Crippen LogP contribution in [0, 0.1) is 0 Å². The topological polar surface area (TPSA) is 122 Å². The number of amides is 1. The number of nitrogens with two attached hydrogens (primary N) is 1. The van der Waals surface area contributed by atoms with E-state index in [1.165, 1.54) is 0 Å². The van der Waals surface area contributed by atoms with E-state index < -0.39 is 22.4 Å². The van der Waals surface area contributed by atoms with Gasteiger partial charge in [0.15, 0.2) is 5.03 Å². The molecule has 7 nitrogen and oxygen atoms in total. The Labute approximate surface area is 82.1 Å². The lowest BCUT2D eigenvalue weighted by Crippen LogP contribution is -2.28. The summed E-state index contributed by atoms with van der Waals surface area (Å²) in [5.41, 5.74) is 3.67. The number of hydrogen-bond acceptors (Lipinski definition) is 5. The standard InChI is InChI=1S/C6H8N4O3S/c1-2(3(7)11)14-5-4(12)8-6(13)10-9-5/h2H,1H3,(H2,7,11)(H2,8,10,12,13). The molecule has 76 valence electrons. The third-order valence-corrected chi connectivity index (χ3v) is 2.46. The van der Waals surface area contributed by atoms with Gasteiger partial charge < -0.3 is 5.73 Å². The Bertz CT molecular complexity index is 451. The van der Waals surface area contributed by atoms with Gasteiger partial charge >= 0.3 is 5.69 Å². The van der Waals surface area contributed by atoms with Crippen molar-refractivity contribution in [3.05, 3.63) is 20.8 Å². The highest BCUT2D eigenvalue weighted by Gasteiger charge is 2.13. The van der Waals surface area contributed by atoms with Crippen molar-refractivity contribution >= 4 is 17.7 Å². The molecule has 1 aromatic rings. The molecule has 0 spiro atoms. The number of thioether (sulfide) groups is 1. The van der Waals surface area contributed by atoms with Crippen LogP contribution in [0.5, 0.6) is 0 Å². The maximum absolute atomic E-state index is 11.1. The molecule has 1 heterocycles. The smallest absolute Gasteiger partial charge is 0.342 e. The Hall–Kier alpha value is -1.57. The maximum Gasteiger partial charge on any atom is 0.342 e. The van der Waals surface area contributed by atoms with Gasteiger partial charge in [-0.3, -0.25) is 14.6 Å². The van der Waals surface area contributed by atoms with Crippen LogP contribution in [0.25, 0.3) is 0 Å². The number of carbonyl (C=O) groups is 1. The molecule has 1 atom stereocenters. The average molecular weight is 216 g/mol. The number of nitrogens with zero attached hydrogens (tertiary/aromatic N) is 1. The highest BCUT2D eigenvalue weighted by atomic mass is 32.2. The van der Waals surface area contributed by atoms with Crippen LogP contribution in [0.1, 0.15) is 6.92 Å². The Morgan fingerprint density at radius 3 is 2.71 bits per heavy atom. The van der Waals surface area contributed by atoms with Gasteiger partial charge in [0.25, 0.3) is 5.56 Å². The molecule has 0 aliphatic carbocycles. The third-order valence-electron chi connectivity index (χ3n) is 1.37. The number of carbonyl (C=O) groups excluding carboxylic acids is 1. The van der Waals surface area contributed by atoms with Gasteiger partial charge in [0.05, 0.1) is 5.25 Å². The number of aromatic amines is 2. The molecule has 0 saturated carbocycles. The minimum atomic E-state index is -0.689. The largest absolute Gasteiger partial charge is 0.369 e. The van der Waals surface area contributed by atoms with Crippen LogP contribution in [0.15, 0.2) is 14.6 Å². The SMILES string of the molecule is CC(Sc1n[nH]c(=O)[nH]c1=O)C(N)=O. The van der Waals surface area contributed by atoms with E-state index in [-0.39, 0.29) is 5.03 Å². The molecule has 1 aromatic heterocycles. The fraction of sp³-hybridized carbons (Fsp3) is 0.333. The lowest BCUT2D eigenvalue weighted by Gasteiger charge is -2.03. The molecule has 0 aromatic carbocycles. The molecule has 0 fully saturated rings. The van der Waals surface area contributed by atoms with E-state index in [1.807, 2.05) is 4.98 Å². The minimum absolute atomic E-state index is 0.0101. The van der Waals surface area contributed by atoms with Gasteiger partial charge in [-0.05, 0) is 6.92 Å². The summed E-state index contributed by atoms with van der Waals surface area (Å²) in [5.74, 6) is -0.553. The summed E-state index contributed by atoms with van der Waals surface area (Å²) in [6, 6.07) is 0. The third kappa shape index (κ3) is 2.46. The molecule has 8 heteroatoms. The molecule has 0 bridgehead atoms. The Balaban J connectivity index is 2.93. The van der Waals surface area contributed by atoms with Gasteiger partial charge in [-0.15, -0.1) is 0 Å². The monoisotopic (exact) mass is 216 g/mol. The summed E-state index contributed by atoms with van der Waals surface area (Å²) in [4.78, 5) is 34.3. The van der Waals surface area contributed by atoms with E-state index in [9.17, 15) is 14.4 Å². The molecule has 1 rings (SSSR count). The van der Waals surface area contributed by atoms with Gasteiger partial charge in [0.1, 0.15) is 0 Å². The normalized spacial score (nSPS) is 12.4. The molecular weight excluding hydrogens is 208 g/mol. The van der Waals surface area contributed by atoms with Crippen molar-refractivity contribution in [3.8, 4) is 0 Å². The first-order valence-electron chi connectivity index (χ1n) is 3.65. The number of nitrogens with one attached hydrogen (secondary N) is 2. The van der Waals surface area contributed by atoms with Crippen molar-refractivity contribution in [2.45, 2.75) is 17.2 Å². The molecule has 0 aliphatic rings. The summed E-state index contributed by atoms with van der Waals surface area (Å²) in [6.45, 7) is 1.54. The zero-order chi connectivity index (χ0) is 10.7. The van der Waals surface area contributed by atoms with Crippen LogP contribution in [-0.2, 0) is 4.79 Å². The Morgan fingerprint density at radius 2 is 2.21 bits per heavy atom. The number of primary amides is 1. The predicted octanol–water partition coefficient (Wildman–Crippen LogP) is -1.58. The highest BCUT2D eigenvalue weighted by Crippen LogP contribution is 2.15. The Morgan fingerprint density at radius 1 is 1.57 bits per heavy atom. The van der Waals surface area contributed by atoms with Crippen LogP contribution in [-0.4, -0.2) is 26.3 Å². The maximum atomic E-state index is 11.1. The van der Waals surface area contributed by atoms with Gasteiger partial charge in [0, 0.05) is 0 Å². The summed E-state index contributed by atoms with van der Waals surface area (Å²) in [5, 5.41) is 4.96. The average Bonchev–Trinajstić information content (AvgIpc) is 2.09. The zero-order valence-electron chi connectivity index (χ0n) is 7.23. The van der Waals surface area contributed by atoms with Crippen LogP contribution in [0.3, 0.4) is 0 Å². The van der Waals surface area contributed by atoms with Crippen molar-refractivity contribution in [2.24, 2.45) is 5.73 Å². The van der Waals surface area contributed by atoms with E-state index in [2.05, 4.69) is 10.2 Å². The van der Waals surface area contributed by atoms with Crippen LogP contribution >= 0.6 is 11.8 Å². The van der Waals surface area contributed by atoms with Crippen molar-refractivity contribution in [1.29, 1.82) is 0 Å². The van der Waals surface area contributed by atoms with E-state index >= 15 is 0 Å². The van der Waals surface area contributed by atoms with Crippen molar-refractivity contribution in [1.82, 2.24) is 15.2 Å². The van der Waals surface area contributed by atoms with E-state index in [0.29, 0.717) is 0 Å². The van der Waals surface area contributed by atoms with Crippen LogP contribution < -0.4 is 17.0 Å². The predicted molar refractivity (Wildman–Crippen MR) is 50.0 cm³/mol. The second-order valence-corrected chi connectivity index (χ2v) is 3.80. The number of aromatic nitrogens is 3. The second-order valence-electron chi connectivity index (χ2n) is 2.47. The highest BCUT2D eigenvalue weighted by molar-refractivity contribution is 8.00. The van der Waals surface area contributed by atoms with Crippen molar-refractivity contribution in [2.75, 3.05) is 0 Å². The Kier molecular flexibility index (Phi) is 3.07. The second kappa shape index (κ2) is 4.09. The number of H-pyrrole nitrogens is 2. The molecule has 0 saturated heterocycles. The zero-order valence-corrected chi connectivity index (χ0v) is 8.05. The molecule has 1 unspecified atom stereocenters. The molecule has 4 N–H and O–H groups in total. The number of rotatable bonds is 3. The number of hydrogen-bond donors (Lipinski definition) is 3. The van der Waals surface area contributed by atoms with E-state index in [4.69, 9.17) is 5.73 Å². The summed E-state index contributed by atoms with van der Waals surface area (Å²) in [6.07, 6.45) is 0. The molecule has 0 aliphatic heterocycles. The molecule has 14 heavy (non-hydrogen) atoms. The summed E-state index contributed by atoms with van der Waals surface area (Å²) < 4.78 is 0. The van der Waals surface area contributed by atoms with Crippen LogP contribution in [0.2, 0.25) is 0 Å². The minimum Gasteiger partial charge on any atom is -0.369 e. The van der Waals surface area contributed by atoms with E-state index in [0.717, 1.165) is 11.8 Å². The fourth-order valence-electron chi connectivity index (χ4n) is 0.642. The fourth-order valence-corrected chi connectivity index (χ4v) is 1.35. The van der Waals surface area contributed by atoms with Crippen molar-refractivity contribution in [3.63, 3.8) is 0 Å². The molecule has 1 amide bonds.